The number of carbonyl (C=O) groups excluding carboxylic acids is 1. The van der Waals surface area contributed by atoms with E-state index in [1.165, 1.54) is 30.5 Å². The quantitative estimate of drug-likeness (QED) is 0.781. The molecular weight excluding hydrogens is 344 g/mol. The van der Waals surface area contributed by atoms with Crippen molar-refractivity contribution in [3.63, 3.8) is 0 Å². The monoisotopic (exact) mass is 364 g/mol. The summed E-state index contributed by atoms with van der Waals surface area (Å²) in [7, 11) is -2.63. The highest BCUT2D eigenvalue weighted by Crippen LogP contribution is 2.24. The van der Waals surface area contributed by atoms with Crippen molar-refractivity contribution in [3.8, 4) is 0 Å². The highest BCUT2D eigenvalue weighted by Gasteiger charge is 2.27. The number of sulfonamides is 1. The van der Waals surface area contributed by atoms with Gasteiger partial charge in [0.15, 0.2) is 0 Å². The van der Waals surface area contributed by atoms with E-state index in [0.717, 1.165) is 14.9 Å². The minimum atomic E-state index is -3.90. The van der Waals surface area contributed by atoms with Crippen molar-refractivity contribution in [1.82, 2.24) is 9.29 Å². The molecule has 7 heteroatoms. The van der Waals surface area contributed by atoms with Gasteiger partial charge in [-0.1, -0.05) is 17.7 Å². The predicted molar refractivity (Wildman–Crippen MR) is 96.5 cm³/mol. The maximum absolute atomic E-state index is 12.8. The van der Waals surface area contributed by atoms with E-state index >= 15 is 0 Å². The molecule has 1 amide bonds. The number of aromatic nitrogens is 1. The van der Waals surface area contributed by atoms with E-state index in [2.05, 4.69) is 4.98 Å². The van der Waals surface area contributed by atoms with Gasteiger partial charge >= 0.3 is 0 Å². The zero-order valence-electron chi connectivity index (χ0n) is 14.3. The Bertz CT molecular complexity index is 889. The lowest BCUT2D eigenvalue weighted by atomic mass is 10.1. The van der Waals surface area contributed by atoms with Crippen LogP contribution in [0.15, 0.2) is 28.5 Å². The molecule has 24 heavy (non-hydrogen) atoms. The van der Waals surface area contributed by atoms with Gasteiger partial charge in [-0.3, -0.25) is 4.79 Å². The first-order valence-electron chi connectivity index (χ1n) is 7.34. The molecule has 0 bridgehead atoms. The Hall–Kier alpha value is -1.99. The van der Waals surface area contributed by atoms with Gasteiger partial charge in [0.1, 0.15) is 0 Å². The summed E-state index contributed by atoms with van der Waals surface area (Å²) in [5.74, 6) is -0.611. The first-order valence-corrected chi connectivity index (χ1v) is 9.66. The average Bonchev–Trinajstić information content (AvgIpc) is 2.88. The molecule has 0 atom stereocenters. The average molecular weight is 364 g/mol. The molecule has 0 aliphatic rings. The molecule has 0 radical (unpaired) electrons. The van der Waals surface area contributed by atoms with Gasteiger partial charge < -0.3 is 0 Å². The summed E-state index contributed by atoms with van der Waals surface area (Å²) in [5.41, 5.74) is 2.88. The molecule has 5 nitrogen and oxygen atoms in total. The third-order valence-corrected chi connectivity index (χ3v) is 6.42. The number of nitrogens with zero attached hydrogens (tertiary/aromatic N) is 2. The van der Waals surface area contributed by atoms with E-state index in [9.17, 15) is 13.2 Å². The van der Waals surface area contributed by atoms with Crippen LogP contribution in [0.5, 0.6) is 0 Å². The summed E-state index contributed by atoms with van der Waals surface area (Å²) >= 11 is 1.47. The smallest absolute Gasteiger partial charge is 0.267 e. The predicted octanol–water partition coefficient (Wildman–Crippen LogP) is 3.24. The molecule has 0 saturated heterocycles. The zero-order valence-corrected chi connectivity index (χ0v) is 16.0. The fourth-order valence-electron chi connectivity index (χ4n) is 2.55. The molecule has 128 valence electrons. The number of amides is 1. The van der Waals surface area contributed by atoms with Crippen molar-refractivity contribution in [2.45, 2.75) is 32.6 Å². The van der Waals surface area contributed by atoms with Crippen LogP contribution in [0.4, 0.5) is 0 Å². The normalized spacial score (nSPS) is 11.9. The molecule has 2 aromatic rings. The molecule has 0 fully saturated rings. The van der Waals surface area contributed by atoms with Crippen LogP contribution in [0.25, 0.3) is 6.08 Å². The van der Waals surface area contributed by atoms with E-state index in [4.69, 9.17) is 0 Å². The molecule has 0 aliphatic carbocycles. The maximum Gasteiger partial charge on any atom is 0.267 e. The molecule has 1 aromatic carbocycles. The Kier molecular flexibility index (Phi) is 5.25. The van der Waals surface area contributed by atoms with E-state index in [0.29, 0.717) is 16.8 Å². The van der Waals surface area contributed by atoms with Crippen molar-refractivity contribution in [3.05, 3.63) is 51.0 Å². The Morgan fingerprint density at radius 2 is 1.75 bits per heavy atom. The molecule has 2 rings (SSSR count). The summed E-state index contributed by atoms with van der Waals surface area (Å²) < 4.78 is 26.4. The number of aryl methyl sites for hydroxylation is 4. The second-order valence-electron chi connectivity index (χ2n) is 5.66. The third kappa shape index (κ3) is 3.73. The van der Waals surface area contributed by atoms with Crippen LogP contribution in [-0.4, -0.2) is 30.7 Å². The van der Waals surface area contributed by atoms with Gasteiger partial charge in [-0.25, -0.2) is 17.7 Å². The highest BCUT2D eigenvalue weighted by atomic mass is 32.2. The minimum absolute atomic E-state index is 0.182. The fourth-order valence-corrected chi connectivity index (χ4v) is 4.63. The van der Waals surface area contributed by atoms with E-state index < -0.39 is 15.9 Å². The van der Waals surface area contributed by atoms with Gasteiger partial charge in [0.25, 0.3) is 15.9 Å². The van der Waals surface area contributed by atoms with Gasteiger partial charge in [-0.05, 0) is 44.9 Å². The lowest BCUT2D eigenvalue weighted by molar-refractivity contribution is -0.120. The molecule has 0 N–H and O–H groups in total. The minimum Gasteiger partial charge on any atom is -0.269 e. The first kappa shape index (κ1) is 18.4. The van der Waals surface area contributed by atoms with Gasteiger partial charge in [0.05, 0.1) is 15.6 Å². The molecule has 0 unspecified atom stereocenters. The van der Waals surface area contributed by atoms with Crippen molar-refractivity contribution < 1.29 is 13.2 Å². The topological polar surface area (TPSA) is 67.3 Å². The van der Waals surface area contributed by atoms with Crippen LogP contribution in [0.1, 0.15) is 27.4 Å². The maximum atomic E-state index is 12.8. The van der Waals surface area contributed by atoms with Gasteiger partial charge in [0.2, 0.25) is 0 Å². The third-order valence-electron chi connectivity index (χ3n) is 3.57. The molecule has 0 aliphatic heterocycles. The number of hydrogen-bond donors (Lipinski definition) is 0. The van der Waals surface area contributed by atoms with E-state index in [1.54, 1.807) is 26.0 Å². The SMILES string of the molecule is Cc1cc(C)c(S(=O)(=O)N(C)C(=O)/C=C/c2csc(C)n2)c(C)c1. The Balaban J connectivity index is 2.32. The van der Waals surface area contributed by atoms with E-state index in [1.807, 2.05) is 19.2 Å². The summed E-state index contributed by atoms with van der Waals surface area (Å²) in [6.45, 7) is 7.24. The van der Waals surface area contributed by atoms with Crippen LogP contribution >= 0.6 is 11.3 Å². The molecular formula is C17H20N2O3S2. The first-order chi connectivity index (χ1) is 11.1. The second-order valence-corrected chi connectivity index (χ2v) is 8.63. The molecule has 0 saturated carbocycles. The Labute approximate surface area is 146 Å². The number of rotatable bonds is 4. The number of benzene rings is 1. The summed E-state index contributed by atoms with van der Waals surface area (Å²) in [6.07, 6.45) is 2.75. The summed E-state index contributed by atoms with van der Waals surface area (Å²) in [5, 5.41) is 2.69. The Morgan fingerprint density at radius 3 is 2.25 bits per heavy atom. The second kappa shape index (κ2) is 6.86. The molecule has 0 spiro atoms. The number of thiazole rings is 1. The van der Waals surface area contributed by atoms with Crippen molar-refractivity contribution in [2.75, 3.05) is 7.05 Å². The van der Waals surface area contributed by atoms with Crippen LogP contribution in [-0.2, 0) is 14.8 Å². The van der Waals surface area contributed by atoms with Crippen LogP contribution in [0.3, 0.4) is 0 Å². The van der Waals surface area contributed by atoms with Crippen LogP contribution in [0.2, 0.25) is 0 Å². The van der Waals surface area contributed by atoms with Crippen molar-refractivity contribution in [1.29, 1.82) is 0 Å². The number of likely N-dealkylation sites (N-methyl/N-ethyl adjacent to an activating group) is 1. The van der Waals surface area contributed by atoms with E-state index in [-0.39, 0.29) is 4.90 Å². The van der Waals surface area contributed by atoms with Crippen LogP contribution < -0.4 is 0 Å². The van der Waals surface area contributed by atoms with Crippen LogP contribution in [0, 0.1) is 27.7 Å². The van der Waals surface area contributed by atoms with Crippen molar-refractivity contribution in [2.24, 2.45) is 0 Å². The lowest BCUT2D eigenvalue weighted by Gasteiger charge is -2.19. The zero-order chi connectivity index (χ0) is 18.1. The number of carbonyl (C=O) groups is 1. The summed E-state index contributed by atoms with van der Waals surface area (Å²) in [4.78, 5) is 16.7. The molecule has 1 aromatic heterocycles. The standard InChI is InChI=1S/C17H20N2O3S2/c1-11-8-12(2)17(13(3)9-11)24(21,22)19(5)16(20)7-6-15-10-23-14(4)18-15/h6-10H,1-5H3/b7-6+. The fraction of sp³-hybridized carbons (Fsp3) is 0.294. The highest BCUT2D eigenvalue weighted by molar-refractivity contribution is 7.89. The van der Waals surface area contributed by atoms with Gasteiger partial charge in [-0.2, -0.15) is 0 Å². The van der Waals surface area contributed by atoms with Crippen molar-refractivity contribution >= 4 is 33.3 Å². The van der Waals surface area contributed by atoms with Gasteiger partial charge in [-0.15, -0.1) is 11.3 Å². The summed E-state index contributed by atoms with van der Waals surface area (Å²) in [6, 6.07) is 3.60. The largest absolute Gasteiger partial charge is 0.269 e. The lowest BCUT2D eigenvalue weighted by Crippen LogP contribution is -2.32. The van der Waals surface area contributed by atoms with Gasteiger partial charge in [0, 0.05) is 18.5 Å². The Morgan fingerprint density at radius 1 is 1.17 bits per heavy atom. The molecule has 1 heterocycles. The number of hydrogen-bond acceptors (Lipinski definition) is 5.